The van der Waals surface area contributed by atoms with Gasteiger partial charge in [-0.25, -0.2) is 0 Å². The molecular weight excluding hydrogens is 360 g/mol. The fourth-order valence-corrected chi connectivity index (χ4v) is 2.65. The Labute approximate surface area is 165 Å². The third-order valence-corrected chi connectivity index (χ3v) is 4.15. The Kier molecular flexibility index (Phi) is 7.95. The molecule has 142 valence electrons. The average molecular weight is 385 g/mol. The standard InChI is InChI=1S/C21H24N2O3S/c1-15-8-9-16(2)18(14-15)22-21(27)23-19(24)10-11-20(25)26-13-12-17-6-4-3-5-7-17/h3-9,14H,10-13H2,1-2H3,(H2,22,23,24,27). The van der Waals surface area contributed by atoms with Gasteiger partial charge < -0.3 is 15.4 Å². The summed E-state index contributed by atoms with van der Waals surface area (Å²) in [4.78, 5) is 23.7. The second-order valence-corrected chi connectivity index (χ2v) is 6.68. The molecule has 0 heterocycles. The highest BCUT2D eigenvalue weighted by atomic mass is 32.1. The van der Waals surface area contributed by atoms with E-state index in [1.165, 1.54) is 0 Å². The van der Waals surface area contributed by atoms with Gasteiger partial charge in [-0.05, 0) is 48.8 Å². The maximum atomic E-state index is 11.9. The molecular formula is C21H24N2O3S. The van der Waals surface area contributed by atoms with Crippen molar-refractivity contribution in [2.45, 2.75) is 33.1 Å². The SMILES string of the molecule is Cc1ccc(C)c(NC(=S)NC(=O)CCC(=O)OCCc2ccccc2)c1. The van der Waals surface area contributed by atoms with Gasteiger partial charge in [0.25, 0.3) is 0 Å². The second-order valence-electron chi connectivity index (χ2n) is 6.28. The zero-order valence-corrected chi connectivity index (χ0v) is 16.4. The molecule has 2 aromatic rings. The molecule has 0 aliphatic carbocycles. The highest BCUT2D eigenvalue weighted by molar-refractivity contribution is 7.80. The molecule has 0 atom stereocenters. The van der Waals surface area contributed by atoms with Crippen LogP contribution in [0.2, 0.25) is 0 Å². The van der Waals surface area contributed by atoms with Crippen LogP contribution in [0.15, 0.2) is 48.5 Å². The lowest BCUT2D eigenvalue weighted by Crippen LogP contribution is -2.34. The Bertz CT molecular complexity index is 806. The van der Waals surface area contributed by atoms with Crippen molar-refractivity contribution in [1.29, 1.82) is 0 Å². The molecule has 27 heavy (non-hydrogen) atoms. The van der Waals surface area contributed by atoms with Crippen molar-refractivity contribution >= 4 is 34.9 Å². The third kappa shape index (κ3) is 7.58. The van der Waals surface area contributed by atoms with E-state index in [0.717, 1.165) is 22.4 Å². The Morgan fingerprint density at radius 3 is 2.52 bits per heavy atom. The number of carbonyl (C=O) groups excluding carboxylic acids is 2. The van der Waals surface area contributed by atoms with E-state index >= 15 is 0 Å². The van der Waals surface area contributed by atoms with Crippen molar-refractivity contribution in [2.75, 3.05) is 11.9 Å². The first kappa shape index (κ1) is 20.6. The van der Waals surface area contributed by atoms with Crippen LogP contribution in [0.5, 0.6) is 0 Å². The van der Waals surface area contributed by atoms with Crippen LogP contribution in [-0.4, -0.2) is 23.6 Å². The van der Waals surface area contributed by atoms with E-state index in [1.54, 1.807) is 0 Å². The Hall–Kier alpha value is -2.73. The number of esters is 1. The Balaban J connectivity index is 1.66. The lowest BCUT2D eigenvalue weighted by molar-refractivity contribution is -0.144. The largest absolute Gasteiger partial charge is 0.465 e. The number of carbonyl (C=O) groups is 2. The van der Waals surface area contributed by atoms with E-state index in [0.29, 0.717) is 13.0 Å². The monoisotopic (exact) mass is 384 g/mol. The topological polar surface area (TPSA) is 67.4 Å². The molecule has 0 saturated heterocycles. The second kappa shape index (κ2) is 10.4. The zero-order valence-electron chi connectivity index (χ0n) is 15.6. The molecule has 2 N–H and O–H groups in total. The normalized spacial score (nSPS) is 10.1. The third-order valence-electron chi connectivity index (χ3n) is 3.95. The van der Waals surface area contributed by atoms with Gasteiger partial charge in [0.1, 0.15) is 0 Å². The molecule has 0 fully saturated rings. The molecule has 0 unspecified atom stereocenters. The average Bonchev–Trinajstić information content (AvgIpc) is 2.64. The van der Waals surface area contributed by atoms with Gasteiger partial charge in [-0.3, -0.25) is 9.59 Å². The summed E-state index contributed by atoms with van der Waals surface area (Å²) in [6.07, 6.45) is 0.703. The Morgan fingerprint density at radius 1 is 1.04 bits per heavy atom. The number of hydrogen-bond acceptors (Lipinski definition) is 4. The van der Waals surface area contributed by atoms with E-state index in [9.17, 15) is 9.59 Å². The molecule has 2 rings (SSSR count). The maximum Gasteiger partial charge on any atom is 0.306 e. The van der Waals surface area contributed by atoms with Crippen molar-refractivity contribution in [1.82, 2.24) is 5.32 Å². The summed E-state index contributed by atoms with van der Waals surface area (Å²) in [6, 6.07) is 15.7. The number of nitrogens with one attached hydrogen (secondary N) is 2. The van der Waals surface area contributed by atoms with Crippen LogP contribution in [0.1, 0.15) is 29.5 Å². The van der Waals surface area contributed by atoms with E-state index in [4.69, 9.17) is 17.0 Å². The maximum absolute atomic E-state index is 11.9. The number of rotatable bonds is 7. The summed E-state index contributed by atoms with van der Waals surface area (Å²) in [5.74, 6) is -0.715. The zero-order chi connectivity index (χ0) is 19.6. The number of ether oxygens (including phenoxy) is 1. The molecule has 2 aromatic carbocycles. The summed E-state index contributed by atoms with van der Waals surface area (Å²) in [6.45, 7) is 4.24. The van der Waals surface area contributed by atoms with Gasteiger partial charge in [0.2, 0.25) is 5.91 Å². The van der Waals surface area contributed by atoms with Gasteiger partial charge in [-0.1, -0.05) is 42.5 Å². The number of aryl methyl sites for hydroxylation is 2. The molecule has 0 aromatic heterocycles. The van der Waals surface area contributed by atoms with Crippen LogP contribution in [-0.2, 0) is 20.7 Å². The van der Waals surface area contributed by atoms with Crippen LogP contribution in [0.4, 0.5) is 5.69 Å². The minimum atomic E-state index is -0.394. The summed E-state index contributed by atoms with van der Waals surface area (Å²) in [5.41, 5.74) is 4.07. The first-order valence-corrected chi connectivity index (χ1v) is 9.22. The van der Waals surface area contributed by atoms with Crippen LogP contribution < -0.4 is 10.6 Å². The van der Waals surface area contributed by atoms with Gasteiger partial charge in [-0.15, -0.1) is 0 Å². The lowest BCUT2D eigenvalue weighted by atomic mass is 10.1. The van der Waals surface area contributed by atoms with Gasteiger partial charge >= 0.3 is 5.97 Å². The predicted molar refractivity (Wildman–Crippen MR) is 111 cm³/mol. The first-order valence-electron chi connectivity index (χ1n) is 8.81. The molecule has 1 amide bonds. The number of amides is 1. The lowest BCUT2D eigenvalue weighted by Gasteiger charge is -2.12. The van der Waals surface area contributed by atoms with Gasteiger partial charge in [0.15, 0.2) is 5.11 Å². The smallest absolute Gasteiger partial charge is 0.306 e. The molecule has 0 radical (unpaired) electrons. The summed E-state index contributed by atoms with van der Waals surface area (Å²) in [5, 5.41) is 5.81. The van der Waals surface area contributed by atoms with Crippen molar-refractivity contribution in [3.8, 4) is 0 Å². The minimum absolute atomic E-state index is 0.0205. The molecule has 0 saturated carbocycles. The fourth-order valence-electron chi connectivity index (χ4n) is 2.43. The predicted octanol–water partition coefficient (Wildman–Crippen LogP) is 3.68. The van der Waals surface area contributed by atoms with Gasteiger partial charge in [0.05, 0.1) is 13.0 Å². The van der Waals surface area contributed by atoms with Crippen LogP contribution in [0.25, 0.3) is 0 Å². The molecule has 0 bridgehead atoms. The molecule has 6 heteroatoms. The van der Waals surface area contributed by atoms with E-state index in [2.05, 4.69) is 10.6 Å². The quantitative estimate of drug-likeness (QED) is 0.563. The molecule has 0 aliphatic heterocycles. The van der Waals surface area contributed by atoms with Gasteiger partial charge in [0, 0.05) is 18.5 Å². The summed E-state index contributed by atoms with van der Waals surface area (Å²) >= 11 is 5.16. The van der Waals surface area contributed by atoms with Gasteiger partial charge in [-0.2, -0.15) is 0 Å². The highest BCUT2D eigenvalue weighted by Crippen LogP contribution is 2.16. The number of hydrogen-bond donors (Lipinski definition) is 2. The molecule has 0 aliphatic rings. The number of thiocarbonyl (C=S) groups is 1. The van der Waals surface area contributed by atoms with Crippen molar-refractivity contribution in [3.05, 3.63) is 65.2 Å². The fraction of sp³-hybridized carbons (Fsp3) is 0.286. The van der Waals surface area contributed by atoms with E-state index in [-0.39, 0.29) is 23.9 Å². The highest BCUT2D eigenvalue weighted by Gasteiger charge is 2.10. The first-order chi connectivity index (χ1) is 12.9. The minimum Gasteiger partial charge on any atom is -0.465 e. The molecule has 0 spiro atoms. The Morgan fingerprint density at radius 2 is 1.78 bits per heavy atom. The number of benzene rings is 2. The van der Waals surface area contributed by atoms with Crippen molar-refractivity contribution in [2.24, 2.45) is 0 Å². The van der Waals surface area contributed by atoms with E-state index in [1.807, 2.05) is 62.4 Å². The summed E-state index contributed by atoms with van der Waals surface area (Å²) < 4.78 is 5.16. The van der Waals surface area contributed by atoms with E-state index < -0.39 is 5.97 Å². The van der Waals surface area contributed by atoms with Crippen LogP contribution in [0.3, 0.4) is 0 Å². The summed E-state index contributed by atoms with van der Waals surface area (Å²) in [7, 11) is 0. The van der Waals surface area contributed by atoms with Crippen molar-refractivity contribution in [3.63, 3.8) is 0 Å². The van der Waals surface area contributed by atoms with Crippen molar-refractivity contribution < 1.29 is 14.3 Å². The number of anilines is 1. The molecule has 5 nitrogen and oxygen atoms in total. The van der Waals surface area contributed by atoms with Crippen LogP contribution >= 0.6 is 12.2 Å². The van der Waals surface area contributed by atoms with Crippen LogP contribution in [0, 0.1) is 13.8 Å².